The highest BCUT2D eigenvalue weighted by Crippen LogP contribution is 2.26. The lowest BCUT2D eigenvalue weighted by Crippen LogP contribution is -2.02. The van der Waals surface area contributed by atoms with Crippen LogP contribution in [0, 0.1) is 0 Å². The summed E-state index contributed by atoms with van der Waals surface area (Å²) in [5.41, 5.74) is 0.700. The van der Waals surface area contributed by atoms with Crippen molar-refractivity contribution in [3.8, 4) is 5.75 Å². The van der Waals surface area contributed by atoms with E-state index in [2.05, 4.69) is 0 Å². The monoisotopic (exact) mass is 224 g/mol. The van der Waals surface area contributed by atoms with Crippen LogP contribution in [-0.2, 0) is 0 Å². The molecule has 0 atom stereocenters. The van der Waals surface area contributed by atoms with Crippen molar-refractivity contribution in [2.75, 3.05) is 12.9 Å². The molecule has 0 fully saturated rings. The molecule has 1 rings (SSSR count). The Balaban J connectivity index is 3.10. The normalized spacial score (nSPS) is 10.1. The van der Waals surface area contributed by atoms with Crippen LogP contribution in [0.15, 0.2) is 23.1 Å². The molecule has 0 aliphatic carbocycles. The van der Waals surface area contributed by atoms with E-state index < -0.39 is 0 Å². The van der Waals surface area contributed by atoms with Gasteiger partial charge in [-0.05, 0) is 31.4 Å². The lowest BCUT2D eigenvalue weighted by atomic mass is 10.1. The smallest absolute Gasteiger partial charge is 0.166 e. The maximum Gasteiger partial charge on any atom is 0.166 e. The van der Waals surface area contributed by atoms with E-state index in [1.165, 1.54) is 0 Å². The zero-order valence-electron chi connectivity index (χ0n) is 9.37. The maximum atomic E-state index is 11.7. The number of rotatable bonds is 5. The van der Waals surface area contributed by atoms with Crippen molar-refractivity contribution < 1.29 is 9.53 Å². The number of thioether (sulfide) groups is 1. The summed E-state index contributed by atoms with van der Waals surface area (Å²) in [4.78, 5) is 12.8. The van der Waals surface area contributed by atoms with Gasteiger partial charge in [-0.15, -0.1) is 11.8 Å². The Morgan fingerprint density at radius 2 is 2.13 bits per heavy atom. The second kappa shape index (κ2) is 5.81. The fourth-order valence-electron chi connectivity index (χ4n) is 1.33. The van der Waals surface area contributed by atoms with E-state index in [9.17, 15) is 4.79 Å². The summed E-state index contributed by atoms with van der Waals surface area (Å²) in [7, 11) is 0. The average molecular weight is 224 g/mol. The van der Waals surface area contributed by atoms with Crippen molar-refractivity contribution >= 4 is 17.5 Å². The van der Waals surface area contributed by atoms with Crippen molar-refractivity contribution in [2.24, 2.45) is 0 Å². The summed E-state index contributed by atoms with van der Waals surface area (Å²) in [6.45, 7) is 4.37. The summed E-state index contributed by atoms with van der Waals surface area (Å²) < 4.78 is 5.43. The molecule has 1 aromatic carbocycles. The van der Waals surface area contributed by atoms with Gasteiger partial charge in [0.05, 0.1) is 12.2 Å². The Kier molecular flexibility index (Phi) is 4.69. The van der Waals surface area contributed by atoms with Crippen LogP contribution >= 0.6 is 11.8 Å². The molecule has 0 saturated heterocycles. The van der Waals surface area contributed by atoms with Gasteiger partial charge in [0, 0.05) is 11.3 Å². The second-order valence-electron chi connectivity index (χ2n) is 3.07. The highest BCUT2D eigenvalue weighted by molar-refractivity contribution is 7.98. The Morgan fingerprint density at radius 3 is 2.67 bits per heavy atom. The Bertz CT molecular complexity index is 347. The molecule has 82 valence electrons. The van der Waals surface area contributed by atoms with Gasteiger partial charge < -0.3 is 4.74 Å². The summed E-state index contributed by atoms with van der Waals surface area (Å²) in [5.74, 6) is 0.830. The Hall–Kier alpha value is -0.960. The van der Waals surface area contributed by atoms with Crippen LogP contribution in [-0.4, -0.2) is 18.6 Å². The van der Waals surface area contributed by atoms with E-state index >= 15 is 0 Å². The molecule has 0 bridgehead atoms. The third-order valence-corrected chi connectivity index (χ3v) is 2.83. The summed E-state index contributed by atoms with van der Waals surface area (Å²) in [6, 6.07) is 5.75. The van der Waals surface area contributed by atoms with Crippen LogP contribution in [0.2, 0.25) is 0 Å². The number of carbonyl (C=O) groups is 1. The van der Waals surface area contributed by atoms with Crippen molar-refractivity contribution in [1.29, 1.82) is 0 Å². The van der Waals surface area contributed by atoms with E-state index in [0.29, 0.717) is 24.3 Å². The summed E-state index contributed by atoms with van der Waals surface area (Å²) in [6.07, 6.45) is 2.51. The standard InChI is InChI=1S/C12H16O2S/c1-4-11(13)10-8-9(15-3)6-7-12(10)14-5-2/h6-8H,4-5H2,1-3H3. The molecule has 0 N–H and O–H groups in total. The van der Waals surface area contributed by atoms with E-state index in [4.69, 9.17) is 4.74 Å². The van der Waals surface area contributed by atoms with Crippen molar-refractivity contribution in [3.05, 3.63) is 23.8 Å². The predicted molar refractivity (Wildman–Crippen MR) is 64.0 cm³/mol. The highest BCUT2D eigenvalue weighted by atomic mass is 32.2. The molecule has 0 aromatic heterocycles. The Morgan fingerprint density at radius 1 is 1.40 bits per heavy atom. The number of hydrogen-bond donors (Lipinski definition) is 0. The molecule has 0 unspecified atom stereocenters. The van der Waals surface area contributed by atoms with Gasteiger partial charge >= 0.3 is 0 Å². The van der Waals surface area contributed by atoms with Crippen LogP contribution in [0.4, 0.5) is 0 Å². The van der Waals surface area contributed by atoms with Crippen molar-refractivity contribution in [3.63, 3.8) is 0 Å². The fourth-order valence-corrected chi connectivity index (χ4v) is 1.77. The molecule has 0 saturated carbocycles. The number of hydrogen-bond acceptors (Lipinski definition) is 3. The number of ether oxygens (including phenoxy) is 1. The van der Waals surface area contributed by atoms with E-state index in [1.54, 1.807) is 11.8 Å². The van der Waals surface area contributed by atoms with Gasteiger partial charge in [-0.2, -0.15) is 0 Å². The second-order valence-corrected chi connectivity index (χ2v) is 3.95. The number of carbonyl (C=O) groups excluding carboxylic acids is 1. The first kappa shape index (κ1) is 12.1. The predicted octanol–water partition coefficient (Wildman–Crippen LogP) is 3.40. The maximum absolute atomic E-state index is 11.7. The first-order chi connectivity index (χ1) is 7.22. The van der Waals surface area contributed by atoms with Crippen molar-refractivity contribution in [1.82, 2.24) is 0 Å². The summed E-state index contributed by atoms with van der Waals surface area (Å²) in [5, 5.41) is 0. The molecule has 15 heavy (non-hydrogen) atoms. The highest BCUT2D eigenvalue weighted by Gasteiger charge is 2.11. The minimum atomic E-state index is 0.134. The minimum absolute atomic E-state index is 0.134. The third kappa shape index (κ3) is 2.99. The number of benzene rings is 1. The summed E-state index contributed by atoms with van der Waals surface area (Å²) >= 11 is 1.63. The molecule has 0 radical (unpaired) electrons. The van der Waals surface area contributed by atoms with Gasteiger partial charge in [-0.3, -0.25) is 4.79 Å². The van der Waals surface area contributed by atoms with Crippen LogP contribution in [0.3, 0.4) is 0 Å². The molecular weight excluding hydrogens is 208 g/mol. The molecule has 0 aliphatic rings. The number of ketones is 1. The van der Waals surface area contributed by atoms with Gasteiger partial charge in [0.15, 0.2) is 5.78 Å². The molecule has 1 aromatic rings. The first-order valence-electron chi connectivity index (χ1n) is 5.07. The van der Waals surface area contributed by atoms with Crippen molar-refractivity contribution in [2.45, 2.75) is 25.2 Å². The molecule has 0 heterocycles. The van der Waals surface area contributed by atoms with E-state index in [0.717, 1.165) is 4.90 Å². The van der Waals surface area contributed by atoms with Crippen LogP contribution in [0.5, 0.6) is 5.75 Å². The van der Waals surface area contributed by atoms with E-state index in [-0.39, 0.29) is 5.78 Å². The minimum Gasteiger partial charge on any atom is -0.493 e. The first-order valence-corrected chi connectivity index (χ1v) is 6.29. The lowest BCUT2D eigenvalue weighted by Gasteiger charge is -2.09. The van der Waals surface area contributed by atoms with Gasteiger partial charge in [0.2, 0.25) is 0 Å². The quantitative estimate of drug-likeness (QED) is 0.566. The van der Waals surface area contributed by atoms with Crippen LogP contribution in [0.25, 0.3) is 0 Å². The van der Waals surface area contributed by atoms with Gasteiger partial charge in [-0.25, -0.2) is 0 Å². The van der Waals surface area contributed by atoms with Gasteiger partial charge in [0.25, 0.3) is 0 Å². The molecular formula is C12H16O2S. The van der Waals surface area contributed by atoms with Crippen LogP contribution in [0.1, 0.15) is 30.6 Å². The Labute approximate surface area is 95.0 Å². The van der Waals surface area contributed by atoms with Crippen LogP contribution < -0.4 is 4.74 Å². The number of Topliss-reactive ketones (excluding diaryl/α,β-unsaturated/α-hetero) is 1. The van der Waals surface area contributed by atoms with Gasteiger partial charge in [-0.1, -0.05) is 6.92 Å². The molecule has 3 heteroatoms. The lowest BCUT2D eigenvalue weighted by molar-refractivity contribution is 0.0984. The fraction of sp³-hybridized carbons (Fsp3) is 0.417. The molecule has 2 nitrogen and oxygen atoms in total. The van der Waals surface area contributed by atoms with Gasteiger partial charge in [0.1, 0.15) is 5.75 Å². The average Bonchev–Trinajstić information content (AvgIpc) is 2.29. The molecule has 0 spiro atoms. The third-order valence-electron chi connectivity index (χ3n) is 2.11. The zero-order valence-corrected chi connectivity index (χ0v) is 10.2. The molecule has 0 amide bonds. The SMILES string of the molecule is CCOc1ccc(SC)cc1C(=O)CC. The zero-order chi connectivity index (χ0) is 11.3. The molecule has 0 aliphatic heterocycles. The topological polar surface area (TPSA) is 26.3 Å². The van der Waals surface area contributed by atoms with E-state index in [1.807, 2.05) is 38.3 Å². The largest absolute Gasteiger partial charge is 0.493 e.